The van der Waals surface area contributed by atoms with E-state index in [0.29, 0.717) is 31.6 Å². The second-order valence-electron chi connectivity index (χ2n) is 11.1. The summed E-state index contributed by atoms with van der Waals surface area (Å²) in [6.45, 7) is 7.56. The fourth-order valence-electron chi connectivity index (χ4n) is 5.97. The van der Waals surface area contributed by atoms with Gasteiger partial charge in [0.1, 0.15) is 0 Å². The van der Waals surface area contributed by atoms with Gasteiger partial charge in [-0.2, -0.15) is 0 Å². The van der Waals surface area contributed by atoms with Gasteiger partial charge in [-0.15, -0.1) is 0 Å². The number of nitrogens with zero attached hydrogens (tertiary/aromatic N) is 4. The van der Waals surface area contributed by atoms with Gasteiger partial charge in [-0.25, -0.2) is 4.39 Å². The van der Waals surface area contributed by atoms with Gasteiger partial charge in [0.25, 0.3) is 5.91 Å². The Hall–Kier alpha value is -1.85. The number of aromatic nitrogens is 2. The molecule has 4 fully saturated rings. The summed E-state index contributed by atoms with van der Waals surface area (Å²) < 4.78 is 22.9. The zero-order valence-electron chi connectivity index (χ0n) is 22.6. The van der Waals surface area contributed by atoms with E-state index >= 15 is 4.39 Å². The fourth-order valence-corrected chi connectivity index (χ4v) is 6.72. The van der Waals surface area contributed by atoms with Crippen molar-refractivity contribution >= 4 is 11.9 Å². The number of hydrogen-bond donors (Lipinski definition) is 1. The van der Waals surface area contributed by atoms with Crippen LogP contribution >= 0.6 is 0 Å². The van der Waals surface area contributed by atoms with Gasteiger partial charge >= 0.3 is 123 Å². The Kier molecular flexibility index (Phi) is 8.84. The number of piperidine rings is 2. The maximum absolute atomic E-state index is 15.9. The van der Waals surface area contributed by atoms with E-state index in [-0.39, 0.29) is 39.6 Å². The van der Waals surface area contributed by atoms with E-state index in [9.17, 15) is 4.79 Å². The maximum atomic E-state index is 15.9. The number of nitrogens with one attached hydrogen (secondary N) is 1. The van der Waals surface area contributed by atoms with Crippen LogP contribution in [0.3, 0.4) is 0 Å². The molecule has 6 rings (SSSR count). The van der Waals surface area contributed by atoms with Gasteiger partial charge in [0.15, 0.2) is 5.67 Å². The number of amides is 1. The Balaban J connectivity index is 1.18. The number of benzene rings is 1. The number of halogens is 2. The molecule has 1 aromatic carbocycles. The van der Waals surface area contributed by atoms with Crippen molar-refractivity contribution < 1.29 is 35.1 Å². The van der Waals surface area contributed by atoms with E-state index in [1.807, 2.05) is 11.0 Å². The number of carbonyl (C=O) groups is 1. The second-order valence-corrected chi connectivity index (χ2v) is 13.7. The molecule has 1 amide bonds. The van der Waals surface area contributed by atoms with Crippen LogP contribution < -0.4 is 31.4 Å². The first kappa shape index (κ1) is 27.7. The summed E-state index contributed by atoms with van der Waals surface area (Å²) in [6.07, 6.45) is 5.09. The number of hydrogen-bond acceptors (Lipinski definition) is 6. The third-order valence-electron chi connectivity index (χ3n) is 8.65. The van der Waals surface area contributed by atoms with Gasteiger partial charge in [0.05, 0.1) is 0 Å². The molecule has 5 heterocycles. The van der Waals surface area contributed by atoms with Crippen molar-refractivity contribution in [1.82, 2.24) is 20.2 Å². The van der Waals surface area contributed by atoms with Gasteiger partial charge in [0.2, 0.25) is 0 Å². The van der Waals surface area contributed by atoms with Gasteiger partial charge in [-0.05, 0) is 45.2 Å². The first-order valence-electron chi connectivity index (χ1n) is 13.8. The van der Waals surface area contributed by atoms with Crippen LogP contribution in [0, 0.1) is 5.92 Å². The van der Waals surface area contributed by atoms with Crippen molar-refractivity contribution in [2.45, 2.75) is 56.8 Å². The topological polar surface area (TPSA) is 70.6 Å². The van der Waals surface area contributed by atoms with Crippen LogP contribution in [-0.4, -0.2) is 80.7 Å². The molecule has 38 heavy (non-hydrogen) atoms. The number of ether oxygens (including phenoxy) is 1. The molecule has 1 aromatic heterocycles. The van der Waals surface area contributed by atoms with E-state index in [4.69, 9.17) is 9.72 Å². The molecular weight excluding hydrogens is 596 g/mol. The zero-order valence-corrected chi connectivity index (χ0v) is 24.8. The molecule has 2 aromatic rings. The third kappa shape index (κ3) is 6.31. The van der Waals surface area contributed by atoms with Crippen LogP contribution in [0.2, 0.25) is 0 Å². The molecule has 0 radical (unpaired) electrons. The number of rotatable bonds is 9. The fraction of sp³-hybridized carbons (Fsp3) is 0.621. The number of alkyl halides is 3. The Morgan fingerprint density at radius 3 is 2.55 bits per heavy atom. The summed E-state index contributed by atoms with van der Waals surface area (Å²) in [5.74, 6) is 0.575. The van der Waals surface area contributed by atoms with Crippen LogP contribution in [0.4, 0.5) is 10.3 Å². The van der Waals surface area contributed by atoms with E-state index in [1.165, 1.54) is 4.43 Å². The van der Waals surface area contributed by atoms with Gasteiger partial charge in [-0.1, -0.05) is 0 Å². The zero-order chi connectivity index (χ0) is 26.6. The van der Waals surface area contributed by atoms with Crippen molar-refractivity contribution in [3.05, 3.63) is 42.1 Å². The average molecular weight is 637 g/mol. The molecule has 0 aliphatic carbocycles. The molecule has 4 aliphatic rings. The van der Waals surface area contributed by atoms with Gasteiger partial charge in [0, 0.05) is 38.0 Å². The predicted molar refractivity (Wildman–Crippen MR) is 144 cm³/mol. The van der Waals surface area contributed by atoms with Gasteiger partial charge < -0.3 is 10.2 Å². The summed E-state index contributed by atoms with van der Waals surface area (Å²) in [6, 6.07) is 10.2. The summed E-state index contributed by atoms with van der Waals surface area (Å²) in [4.78, 5) is 29.2. The molecule has 1 N–H and O–H groups in total. The van der Waals surface area contributed by atoms with Gasteiger partial charge in [-0.3, -0.25) is 4.79 Å². The molecule has 7 nitrogen and oxygen atoms in total. The first-order chi connectivity index (χ1) is 18.4. The summed E-state index contributed by atoms with van der Waals surface area (Å²) in [5.41, 5.74) is 0.816. The Bertz CT molecular complexity index is 1090. The minimum atomic E-state index is -1.85. The minimum absolute atomic E-state index is 0.147. The SMILES string of the molecule is C[I-]CCOCc1ccc(-c2ccnc(N3CCC(F)(C(=O)NC4(C)CCN5CCC4CC5)CC3)n2)cc1. The molecule has 4 aliphatic heterocycles. The molecule has 208 valence electrons. The van der Waals surface area contributed by atoms with E-state index in [1.54, 1.807) is 6.20 Å². The molecule has 9 heteroatoms. The standard InChI is InChI=1S/C29H40FIN5O2/c1-28(10-17-35-15-8-24(28)9-16-35)34-26(37)29(30)11-18-36(19-12-29)27-32-14-7-25(33-27)23-5-3-22(4-6-23)21-38-20-13-31-2/h3-7,14,24H,8-13,15-21H2,1-2H3,(H,34,37)/q-1. The summed E-state index contributed by atoms with van der Waals surface area (Å²) in [5, 5.41) is 3.18. The normalized spacial score (nSPS) is 26.8. The monoisotopic (exact) mass is 636 g/mol. The van der Waals surface area contributed by atoms with Crippen LogP contribution in [0.15, 0.2) is 36.5 Å². The van der Waals surface area contributed by atoms with Crippen LogP contribution in [-0.2, 0) is 16.1 Å². The number of carbonyl (C=O) groups excluding carboxylic acids is 1. The predicted octanol–water partition coefficient (Wildman–Crippen LogP) is 0.678. The Morgan fingerprint density at radius 2 is 1.84 bits per heavy atom. The number of fused-ring (bicyclic) bond motifs is 4. The second kappa shape index (κ2) is 12.1. The van der Waals surface area contributed by atoms with E-state index in [0.717, 1.165) is 62.3 Å². The molecule has 1 atom stereocenters. The Labute approximate surface area is 236 Å². The molecule has 2 bridgehead atoms. The summed E-state index contributed by atoms with van der Waals surface area (Å²) >= 11 is 0.277. The molecular formula is C29H40FIN5O2-. The quantitative estimate of drug-likeness (QED) is 0.248. The summed E-state index contributed by atoms with van der Waals surface area (Å²) in [7, 11) is 0. The average Bonchev–Trinajstić information content (AvgIpc) is 3.20. The van der Waals surface area contributed by atoms with Crippen molar-refractivity contribution in [1.29, 1.82) is 0 Å². The van der Waals surface area contributed by atoms with Crippen molar-refractivity contribution in [2.75, 3.05) is 53.6 Å². The van der Waals surface area contributed by atoms with E-state index in [2.05, 4.69) is 51.3 Å². The molecule has 0 saturated carbocycles. The Morgan fingerprint density at radius 1 is 1.11 bits per heavy atom. The molecule has 0 spiro atoms. The van der Waals surface area contributed by atoms with Crippen molar-refractivity contribution in [3.8, 4) is 11.3 Å². The van der Waals surface area contributed by atoms with E-state index < -0.39 is 11.6 Å². The van der Waals surface area contributed by atoms with Crippen LogP contribution in [0.5, 0.6) is 0 Å². The van der Waals surface area contributed by atoms with Crippen LogP contribution in [0.1, 0.15) is 44.6 Å². The number of anilines is 1. The first-order valence-corrected chi connectivity index (χ1v) is 17.5. The van der Waals surface area contributed by atoms with Crippen molar-refractivity contribution in [3.63, 3.8) is 0 Å². The van der Waals surface area contributed by atoms with Crippen molar-refractivity contribution in [2.24, 2.45) is 5.92 Å². The third-order valence-corrected chi connectivity index (χ3v) is 10.2. The molecule has 1 unspecified atom stereocenters. The molecule has 4 saturated heterocycles. The van der Waals surface area contributed by atoms with Crippen LogP contribution in [0.25, 0.3) is 11.3 Å².